The Balaban J connectivity index is 0. The molecule has 3 N–H and O–H groups in total. The van der Waals surface area contributed by atoms with Crippen LogP contribution in [0.1, 0.15) is 0 Å². The first-order chi connectivity index (χ1) is 1.73. The van der Waals surface area contributed by atoms with Gasteiger partial charge in [-0.3, -0.25) is 0 Å². The zero-order chi connectivity index (χ0) is 3.58. The molecule has 0 aromatic carbocycles. The van der Waals surface area contributed by atoms with Crippen molar-refractivity contribution in [2.24, 2.45) is 0 Å². The minimum atomic E-state index is -2.17. The van der Waals surface area contributed by atoms with E-state index in [-0.39, 0.29) is 17.1 Å². The van der Waals surface area contributed by atoms with Gasteiger partial charge in [-0.15, -0.1) is 0 Å². The average Bonchev–Trinajstić information content (AvgIpc) is 0.811. The van der Waals surface area contributed by atoms with E-state index < -0.39 is 7.32 Å². The second-order valence-corrected chi connectivity index (χ2v) is 0.346. The van der Waals surface area contributed by atoms with Crippen molar-refractivity contribution in [3.8, 4) is 0 Å². The van der Waals surface area contributed by atoms with Gasteiger partial charge in [0.05, 0.1) is 0 Å². The van der Waals surface area contributed by atoms with E-state index in [4.69, 9.17) is 15.1 Å². The summed E-state index contributed by atoms with van der Waals surface area (Å²) in [4.78, 5) is 0. The maximum atomic E-state index is 7.17. The van der Waals surface area contributed by atoms with Gasteiger partial charge in [0.15, 0.2) is 0 Å². The molecule has 5 heteroatoms. The molecular weight excluding hydrogens is 114 g/mol. The molecule has 0 atom stereocenters. The first kappa shape index (κ1) is 9.07. The predicted octanol–water partition coefficient (Wildman–Crippen LogP) is -2.05. The van der Waals surface area contributed by atoms with E-state index >= 15 is 0 Å². The van der Waals surface area contributed by atoms with E-state index in [0.717, 1.165) is 0 Å². The Morgan fingerprint density at radius 2 is 1.00 bits per heavy atom. The minimum absolute atomic E-state index is 0. The molecular formula is H3BMnO3. The standard InChI is InChI=1S/BH3O3.Mn/c2-1(3)4;/h2-4H;. The molecule has 0 aromatic rings. The smallest absolute Gasteiger partial charge is 0.402 e. The Bertz CT molecular complexity index is 11.6. The second kappa shape index (κ2) is 4.46. The Hall–Kier alpha value is 0.464. The first-order valence-corrected chi connectivity index (χ1v) is 0.775. The van der Waals surface area contributed by atoms with Gasteiger partial charge in [-0.2, -0.15) is 0 Å². The van der Waals surface area contributed by atoms with E-state index in [1.54, 1.807) is 0 Å². The molecule has 0 aliphatic rings. The Kier molecular flexibility index (Phi) is 8.10. The molecule has 0 heterocycles. The summed E-state index contributed by atoms with van der Waals surface area (Å²) in [5.41, 5.74) is 0. The monoisotopic (exact) mass is 117 g/mol. The third-order valence-electron chi connectivity index (χ3n) is 0. The van der Waals surface area contributed by atoms with E-state index in [9.17, 15) is 0 Å². The Morgan fingerprint density at radius 3 is 1.00 bits per heavy atom. The van der Waals surface area contributed by atoms with Crippen LogP contribution in [0.3, 0.4) is 0 Å². The molecule has 0 unspecified atom stereocenters. The van der Waals surface area contributed by atoms with Crippen molar-refractivity contribution in [3.63, 3.8) is 0 Å². The fourth-order valence-corrected chi connectivity index (χ4v) is 0. The molecule has 5 heavy (non-hydrogen) atoms. The zero-order valence-electron chi connectivity index (χ0n) is 2.30. The van der Waals surface area contributed by atoms with Gasteiger partial charge in [-0.25, -0.2) is 0 Å². The van der Waals surface area contributed by atoms with Gasteiger partial charge in [0.2, 0.25) is 0 Å². The van der Waals surface area contributed by atoms with Crippen LogP contribution in [0.15, 0.2) is 0 Å². The zero-order valence-corrected chi connectivity index (χ0v) is 3.48. The van der Waals surface area contributed by atoms with Crippen molar-refractivity contribution in [1.29, 1.82) is 0 Å². The fourth-order valence-electron chi connectivity index (χ4n) is 0. The average molecular weight is 117 g/mol. The van der Waals surface area contributed by atoms with Crippen LogP contribution in [-0.2, 0) is 17.1 Å². The van der Waals surface area contributed by atoms with Crippen LogP contribution in [0.5, 0.6) is 0 Å². The molecule has 1 radical (unpaired) electrons. The summed E-state index contributed by atoms with van der Waals surface area (Å²) in [6.45, 7) is 0. The van der Waals surface area contributed by atoms with E-state index in [1.165, 1.54) is 0 Å². The third kappa shape index (κ3) is 126. The van der Waals surface area contributed by atoms with Gasteiger partial charge < -0.3 is 15.1 Å². The maximum Gasteiger partial charge on any atom is 0.631 e. The van der Waals surface area contributed by atoms with Crippen LogP contribution in [0.2, 0.25) is 0 Å². The Labute approximate surface area is 40.3 Å². The summed E-state index contributed by atoms with van der Waals surface area (Å²) in [6, 6.07) is 0. The number of rotatable bonds is 0. The number of hydrogen-bond donors (Lipinski definition) is 3. The topological polar surface area (TPSA) is 60.7 Å². The number of hydrogen-bond acceptors (Lipinski definition) is 3. The van der Waals surface area contributed by atoms with E-state index in [2.05, 4.69) is 0 Å². The van der Waals surface area contributed by atoms with Gasteiger partial charge >= 0.3 is 7.32 Å². The van der Waals surface area contributed by atoms with Crippen LogP contribution in [0.25, 0.3) is 0 Å². The van der Waals surface area contributed by atoms with E-state index in [0.29, 0.717) is 0 Å². The van der Waals surface area contributed by atoms with Crippen LogP contribution >= 0.6 is 0 Å². The minimum Gasteiger partial charge on any atom is -0.402 e. The van der Waals surface area contributed by atoms with Gasteiger partial charge in [-0.1, -0.05) is 0 Å². The van der Waals surface area contributed by atoms with Gasteiger partial charge in [0.25, 0.3) is 0 Å². The van der Waals surface area contributed by atoms with Crippen molar-refractivity contribution in [1.82, 2.24) is 0 Å². The van der Waals surface area contributed by atoms with Gasteiger partial charge in [0, 0.05) is 17.1 Å². The molecule has 0 rings (SSSR count). The third-order valence-corrected chi connectivity index (χ3v) is 0. The van der Waals surface area contributed by atoms with Crippen molar-refractivity contribution in [2.75, 3.05) is 0 Å². The second-order valence-electron chi connectivity index (χ2n) is 0.346. The largest absolute Gasteiger partial charge is 0.631 e. The van der Waals surface area contributed by atoms with Crippen LogP contribution < -0.4 is 0 Å². The fraction of sp³-hybridized carbons (Fsp3) is 0. The van der Waals surface area contributed by atoms with Crippen molar-refractivity contribution < 1.29 is 32.1 Å². The molecule has 0 fully saturated rings. The summed E-state index contributed by atoms with van der Waals surface area (Å²) < 4.78 is 0. The molecule has 0 amide bonds. The molecule has 31 valence electrons. The van der Waals surface area contributed by atoms with Crippen molar-refractivity contribution >= 4 is 7.32 Å². The molecule has 0 bridgehead atoms. The molecule has 0 saturated heterocycles. The maximum absolute atomic E-state index is 7.17. The summed E-state index contributed by atoms with van der Waals surface area (Å²) >= 11 is 0. The Morgan fingerprint density at radius 1 is 1.00 bits per heavy atom. The summed E-state index contributed by atoms with van der Waals surface area (Å²) in [6.07, 6.45) is 0. The molecule has 0 aliphatic carbocycles. The van der Waals surface area contributed by atoms with Crippen LogP contribution in [0.4, 0.5) is 0 Å². The summed E-state index contributed by atoms with van der Waals surface area (Å²) in [7, 11) is -2.17. The first-order valence-electron chi connectivity index (χ1n) is 0.775. The van der Waals surface area contributed by atoms with Gasteiger partial charge in [-0.05, 0) is 0 Å². The summed E-state index contributed by atoms with van der Waals surface area (Å²) in [5, 5.41) is 21.5. The van der Waals surface area contributed by atoms with Gasteiger partial charge in [0.1, 0.15) is 0 Å². The quantitative estimate of drug-likeness (QED) is 0.320. The molecule has 3 nitrogen and oxygen atoms in total. The van der Waals surface area contributed by atoms with Crippen molar-refractivity contribution in [3.05, 3.63) is 0 Å². The van der Waals surface area contributed by atoms with Crippen molar-refractivity contribution in [2.45, 2.75) is 0 Å². The molecule has 0 spiro atoms. The van der Waals surface area contributed by atoms with E-state index in [1.807, 2.05) is 0 Å². The van der Waals surface area contributed by atoms with Crippen LogP contribution in [-0.4, -0.2) is 22.4 Å². The SMILES string of the molecule is OB(O)O.[Mn]. The molecule has 0 aromatic heterocycles. The molecule has 0 aliphatic heterocycles. The van der Waals surface area contributed by atoms with Crippen LogP contribution in [0, 0.1) is 0 Å². The predicted molar refractivity (Wildman–Crippen MR) is 12.4 cm³/mol. The summed E-state index contributed by atoms with van der Waals surface area (Å²) in [5.74, 6) is 0. The molecule has 0 saturated carbocycles. The normalized spacial score (nSPS) is 5.40.